The minimum atomic E-state index is -0.823. The van der Waals surface area contributed by atoms with E-state index < -0.39 is 11.9 Å². The van der Waals surface area contributed by atoms with Crippen LogP contribution in [0.5, 0.6) is 0 Å². The highest BCUT2D eigenvalue weighted by atomic mass is 16.5. The minimum absolute atomic E-state index is 0.162. The number of anilines is 1. The molecule has 0 spiro atoms. The van der Waals surface area contributed by atoms with Crippen LogP contribution in [0.1, 0.15) is 18.1 Å². The van der Waals surface area contributed by atoms with Crippen LogP contribution in [0.25, 0.3) is 0 Å². The number of aryl methyl sites for hydroxylation is 1. The first-order valence-electron chi connectivity index (χ1n) is 6.66. The maximum absolute atomic E-state index is 11.3. The van der Waals surface area contributed by atoms with Crippen molar-refractivity contribution in [3.05, 3.63) is 29.3 Å². The van der Waals surface area contributed by atoms with Gasteiger partial charge in [0.1, 0.15) is 5.92 Å². The van der Waals surface area contributed by atoms with Crippen LogP contribution < -0.4 is 4.90 Å². The van der Waals surface area contributed by atoms with Gasteiger partial charge in [0.05, 0.1) is 30.9 Å². The van der Waals surface area contributed by atoms with Gasteiger partial charge in [0, 0.05) is 12.2 Å². The fourth-order valence-corrected chi connectivity index (χ4v) is 2.65. The van der Waals surface area contributed by atoms with Crippen LogP contribution in [-0.2, 0) is 9.53 Å². The highest BCUT2D eigenvalue weighted by molar-refractivity contribution is 5.72. The largest absolute Gasteiger partial charge is 0.481 e. The van der Waals surface area contributed by atoms with Crippen LogP contribution in [0.3, 0.4) is 0 Å². The molecular weight excluding hydrogens is 256 g/mol. The molecule has 1 aromatic rings. The Hall–Kier alpha value is -2.06. The lowest BCUT2D eigenvalue weighted by molar-refractivity contribution is -0.141. The summed E-state index contributed by atoms with van der Waals surface area (Å²) in [6.07, 6.45) is 0. The Balaban J connectivity index is 2.30. The minimum Gasteiger partial charge on any atom is -0.481 e. The Morgan fingerprint density at radius 3 is 2.85 bits per heavy atom. The predicted molar refractivity (Wildman–Crippen MR) is 74.6 cm³/mol. The van der Waals surface area contributed by atoms with Crippen molar-refractivity contribution in [3.63, 3.8) is 0 Å². The van der Waals surface area contributed by atoms with Crippen LogP contribution in [0.15, 0.2) is 18.2 Å². The molecule has 2 unspecified atom stereocenters. The molecule has 1 N–H and O–H groups in total. The van der Waals surface area contributed by atoms with Crippen molar-refractivity contribution in [2.45, 2.75) is 19.9 Å². The fourth-order valence-electron chi connectivity index (χ4n) is 2.65. The summed E-state index contributed by atoms with van der Waals surface area (Å²) in [7, 11) is 0. The molecule has 20 heavy (non-hydrogen) atoms. The standard InChI is InChI=1S/C15H18N2O3/c1-3-17(14-9-20-8-13(14)15(18)19)12-5-4-11(7-16)10(2)6-12/h4-6,13-14H,3,8-9H2,1-2H3,(H,18,19). The van der Waals surface area contributed by atoms with E-state index in [2.05, 4.69) is 6.07 Å². The first-order chi connectivity index (χ1) is 9.58. The summed E-state index contributed by atoms with van der Waals surface area (Å²) in [5.74, 6) is -1.33. The molecule has 0 saturated carbocycles. The number of aliphatic carboxylic acids is 1. The fraction of sp³-hybridized carbons (Fsp3) is 0.467. The molecule has 1 aromatic carbocycles. The second-order valence-corrected chi connectivity index (χ2v) is 4.95. The van der Waals surface area contributed by atoms with Gasteiger partial charge < -0.3 is 14.7 Å². The Kier molecular flexibility index (Phi) is 4.26. The number of nitrogens with zero attached hydrogens (tertiary/aromatic N) is 2. The van der Waals surface area contributed by atoms with Crippen LogP contribution in [0.4, 0.5) is 5.69 Å². The summed E-state index contributed by atoms with van der Waals surface area (Å²) in [6.45, 7) is 5.25. The number of likely N-dealkylation sites (N-methyl/N-ethyl adjacent to an activating group) is 1. The zero-order valence-electron chi connectivity index (χ0n) is 11.7. The van der Waals surface area contributed by atoms with E-state index in [1.54, 1.807) is 6.07 Å². The number of rotatable bonds is 4. The summed E-state index contributed by atoms with van der Waals surface area (Å²) < 4.78 is 5.34. The number of ether oxygens (including phenoxy) is 1. The summed E-state index contributed by atoms with van der Waals surface area (Å²) in [4.78, 5) is 13.3. The van der Waals surface area contributed by atoms with Gasteiger partial charge in [-0.2, -0.15) is 5.26 Å². The van der Waals surface area contributed by atoms with Crippen LogP contribution >= 0.6 is 0 Å². The third-order valence-electron chi connectivity index (χ3n) is 3.77. The number of nitriles is 1. The number of carboxylic acids is 1. The van der Waals surface area contributed by atoms with E-state index in [0.717, 1.165) is 11.3 Å². The Labute approximate surface area is 118 Å². The number of carboxylic acid groups (broad SMARTS) is 1. The Morgan fingerprint density at radius 1 is 1.55 bits per heavy atom. The van der Waals surface area contributed by atoms with E-state index in [9.17, 15) is 9.90 Å². The van der Waals surface area contributed by atoms with Crippen LogP contribution in [0.2, 0.25) is 0 Å². The molecule has 0 aliphatic carbocycles. The second-order valence-electron chi connectivity index (χ2n) is 4.95. The van der Waals surface area contributed by atoms with Gasteiger partial charge in [-0.3, -0.25) is 4.79 Å². The van der Waals surface area contributed by atoms with Gasteiger partial charge >= 0.3 is 5.97 Å². The number of hydrogen-bond donors (Lipinski definition) is 1. The van der Waals surface area contributed by atoms with Gasteiger partial charge in [-0.15, -0.1) is 0 Å². The van der Waals surface area contributed by atoms with Gasteiger partial charge in [-0.25, -0.2) is 0 Å². The molecule has 0 radical (unpaired) electrons. The van der Waals surface area contributed by atoms with Gasteiger partial charge in [-0.05, 0) is 37.6 Å². The molecule has 2 atom stereocenters. The van der Waals surface area contributed by atoms with E-state index in [4.69, 9.17) is 10.00 Å². The van der Waals surface area contributed by atoms with Gasteiger partial charge in [0.15, 0.2) is 0 Å². The molecule has 2 rings (SSSR count). The van der Waals surface area contributed by atoms with Crippen molar-refractivity contribution < 1.29 is 14.6 Å². The number of carbonyl (C=O) groups is 1. The average Bonchev–Trinajstić information content (AvgIpc) is 2.89. The number of benzene rings is 1. The SMILES string of the molecule is CCN(c1ccc(C#N)c(C)c1)C1COCC1C(=O)O. The Bertz CT molecular complexity index is 551. The first kappa shape index (κ1) is 14.4. The number of hydrogen-bond acceptors (Lipinski definition) is 4. The lowest BCUT2D eigenvalue weighted by Gasteiger charge is -2.31. The highest BCUT2D eigenvalue weighted by Gasteiger charge is 2.37. The normalized spacial score (nSPS) is 21.4. The highest BCUT2D eigenvalue weighted by Crippen LogP contribution is 2.27. The van der Waals surface area contributed by atoms with Crippen molar-refractivity contribution in [1.82, 2.24) is 0 Å². The van der Waals surface area contributed by atoms with Gasteiger partial charge in [0.25, 0.3) is 0 Å². The van der Waals surface area contributed by atoms with Crippen molar-refractivity contribution >= 4 is 11.7 Å². The molecule has 5 nitrogen and oxygen atoms in total. The quantitative estimate of drug-likeness (QED) is 0.906. The molecule has 0 amide bonds. The molecule has 1 aliphatic rings. The topological polar surface area (TPSA) is 73.6 Å². The van der Waals surface area contributed by atoms with E-state index in [1.807, 2.05) is 30.9 Å². The lowest BCUT2D eigenvalue weighted by atomic mass is 10.0. The third-order valence-corrected chi connectivity index (χ3v) is 3.77. The monoisotopic (exact) mass is 274 g/mol. The van der Waals surface area contributed by atoms with Crippen LogP contribution in [0, 0.1) is 24.2 Å². The molecule has 1 saturated heterocycles. The lowest BCUT2D eigenvalue weighted by Crippen LogP contribution is -2.43. The molecule has 0 bridgehead atoms. The zero-order valence-corrected chi connectivity index (χ0v) is 11.7. The zero-order chi connectivity index (χ0) is 14.7. The van der Waals surface area contributed by atoms with E-state index >= 15 is 0 Å². The predicted octanol–water partition coefficient (Wildman–Crippen LogP) is 1.79. The van der Waals surface area contributed by atoms with Crippen LogP contribution in [-0.4, -0.2) is 36.9 Å². The molecule has 5 heteroatoms. The molecule has 0 aromatic heterocycles. The van der Waals surface area contributed by atoms with Gasteiger partial charge in [0.2, 0.25) is 0 Å². The van der Waals surface area contributed by atoms with E-state index in [0.29, 0.717) is 18.7 Å². The van der Waals surface area contributed by atoms with Crippen molar-refractivity contribution in [2.75, 3.05) is 24.7 Å². The molecule has 1 fully saturated rings. The molecular formula is C15H18N2O3. The van der Waals surface area contributed by atoms with Crippen molar-refractivity contribution in [1.29, 1.82) is 5.26 Å². The van der Waals surface area contributed by atoms with Crippen molar-refractivity contribution in [3.8, 4) is 6.07 Å². The maximum Gasteiger partial charge on any atom is 0.311 e. The van der Waals surface area contributed by atoms with Crippen molar-refractivity contribution in [2.24, 2.45) is 5.92 Å². The summed E-state index contributed by atoms with van der Waals surface area (Å²) in [6, 6.07) is 7.55. The molecule has 1 aliphatic heterocycles. The summed E-state index contributed by atoms with van der Waals surface area (Å²) in [5.41, 5.74) is 2.47. The van der Waals surface area contributed by atoms with E-state index in [1.165, 1.54) is 0 Å². The average molecular weight is 274 g/mol. The molecule has 1 heterocycles. The third kappa shape index (κ3) is 2.61. The smallest absolute Gasteiger partial charge is 0.311 e. The summed E-state index contributed by atoms with van der Waals surface area (Å²) in [5, 5.41) is 18.2. The maximum atomic E-state index is 11.3. The second kappa shape index (κ2) is 5.93. The van der Waals surface area contributed by atoms with E-state index in [-0.39, 0.29) is 12.6 Å². The molecule has 106 valence electrons. The summed E-state index contributed by atoms with van der Waals surface area (Å²) >= 11 is 0. The Morgan fingerprint density at radius 2 is 2.30 bits per heavy atom. The van der Waals surface area contributed by atoms with Gasteiger partial charge in [-0.1, -0.05) is 0 Å². The first-order valence-corrected chi connectivity index (χ1v) is 6.66.